The third-order valence-corrected chi connectivity index (χ3v) is 10.5. The van der Waals surface area contributed by atoms with Crippen molar-refractivity contribution in [2.45, 2.75) is 58.0 Å². The number of aliphatic hydroxyl groups is 1. The largest absolute Gasteiger partial charge is 0.489 e. The summed E-state index contributed by atoms with van der Waals surface area (Å²) in [6.45, 7) is 8.06. The summed E-state index contributed by atoms with van der Waals surface area (Å²) in [7, 11) is 1.93. The maximum atomic E-state index is 16.2. The highest BCUT2D eigenvalue weighted by Gasteiger charge is 2.34. The molecule has 1 saturated carbocycles. The molecule has 250 valence electrons. The second kappa shape index (κ2) is 11.6. The highest BCUT2D eigenvalue weighted by molar-refractivity contribution is 7.17. The van der Waals surface area contributed by atoms with Crippen LogP contribution in [0.15, 0.2) is 54.4 Å². The number of aryl methyl sites for hydroxylation is 2. The number of ether oxygens (including phenoxy) is 1. The topological polar surface area (TPSA) is 98.3 Å². The van der Waals surface area contributed by atoms with Crippen molar-refractivity contribution >= 4 is 38.4 Å². The van der Waals surface area contributed by atoms with Crippen LogP contribution in [-0.2, 0) is 24.9 Å². The maximum absolute atomic E-state index is 16.2. The molecular weight excluding hydrogens is 653 g/mol. The minimum atomic E-state index is -0.955. The van der Waals surface area contributed by atoms with E-state index < -0.39 is 29.7 Å². The van der Waals surface area contributed by atoms with Crippen LogP contribution in [-0.4, -0.2) is 58.5 Å². The highest BCUT2D eigenvalue weighted by atomic mass is 32.1. The summed E-state index contributed by atoms with van der Waals surface area (Å²) in [5.74, 6) is -1.94. The molecule has 4 aromatic heterocycles. The molecule has 2 aliphatic rings. The van der Waals surface area contributed by atoms with Crippen LogP contribution in [0, 0.1) is 24.4 Å². The summed E-state index contributed by atoms with van der Waals surface area (Å²) in [6.07, 6.45) is 0.812. The van der Waals surface area contributed by atoms with E-state index in [9.17, 15) is 14.3 Å². The second-order valence-electron chi connectivity index (χ2n) is 12.7. The van der Waals surface area contributed by atoms with Crippen LogP contribution in [0.5, 0.6) is 5.75 Å². The first kappa shape index (κ1) is 31.3. The molecule has 0 saturated heterocycles. The Kier molecular flexibility index (Phi) is 7.37. The number of hydrogen-bond donors (Lipinski definition) is 1. The summed E-state index contributed by atoms with van der Waals surface area (Å²) in [5.41, 5.74) is 3.87. The Hall–Kier alpha value is -5.01. The van der Waals surface area contributed by atoms with Crippen molar-refractivity contribution < 1.29 is 27.8 Å². The number of carbonyl (C=O) groups excluding carboxylic acids is 1. The molecule has 13 heteroatoms. The molecule has 9 nitrogen and oxygen atoms in total. The van der Waals surface area contributed by atoms with Gasteiger partial charge in [-0.3, -0.25) is 9.48 Å². The van der Waals surface area contributed by atoms with E-state index in [-0.39, 0.29) is 46.5 Å². The van der Waals surface area contributed by atoms with Crippen LogP contribution in [0.25, 0.3) is 54.9 Å². The molecule has 1 aliphatic heterocycles. The van der Waals surface area contributed by atoms with E-state index in [1.54, 1.807) is 15.6 Å². The van der Waals surface area contributed by atoms with E-state index in [0.29, 0.717) is 46.7 Å². The third kappa shape index (κ3) is 5.10. The van der Waals surface area contributed by atoms with Gasteiger partial charge in [0, 0.05) is 60.0 Å². The molecule has 0 spiro atoms. The number of fused-ring (bicyclic) bond motifs is 3. The number of thiophene rings is 1. The summed E-state index contributed by atoms with van der Waals surface area (Å²) < 4.78 is 57.4. The highest BCUT2D eigenvalue weighted by Crippen LogP contribution is 2.48. The van der Waals surface area contributed by atoms with Crippen molar-refractivity contribution in [3.8, 4) is 39.5 Å². The fourth-order valence-corrected chi connectivity index (χ4v) is 7.75. The van der Waals surface area contributed by atoms with E-state index in [4.69, 9.17) is 14.8 Å². The average Bonchev–Trinajstić information content (AvgIpc) is 3.73. The molecule has 6 aromatic rings. The van der Waals surface area contributed by atoms with Crippen LogP contribution in [0.2, 0.25) is 0 Å². The van der Waals surface area contributed by atoms with Crippen molar-refractivity contribution in [1.82, 2.24) is 29.2 Å². The predicted molar refractivity (Wildman–Crippen MR) is 180 cm³/mol. The lowest BCUT2D eigenvalue weighted by atomic mass is 9.91. The molecule has 1 atom stereocenters. The van der Waals surface area contributed by atoms with E-state index in [2.05, 4.69) is 11.6 Å². The van der Waals surface area contributed by atoms with Crippen LogP contribution in [0.4, 0.5) is 13.2 Å². The molecule has 0 unspecified atom stereocenters. The molecule has 1 aliphatic carbocycles. The van der Waals surface area contributed by atoms with Crippen molar-refractivity contribution in [3.05, 3.63) is 83.4 Å². The zero-order valence-electron chi connectivity index (χ0n) is 26.9. The standard InChI is InChI=1S/C36H31F3N6O3S/c1-5-30(47)44-15-21-11-27(42-45(21)14-17(44)2)35-33(31-24(38)9-20(37)10-29(31)48-23-12-22(46)13-23)32-25(39)16-49-36(32)34(41-35)19-6-7-28-26(8-19)40-18(3)43(28)4/h5-11,16-17,22-23,46H,1,12-15H2,2-4H3/t17-,22?,23?/m0/s1. The number of nitrogens with zero attached hydrogens (tertiary/aromatic N) is 6. The van der Waals surface area contributed by atoms with Crippen molar-refractivity contribution in [2.24, 2.45) is 7.05 Å². The van der Waals surface area contributed by atoms with Crippen molar-refractivity contribution in [2.75, 3.05) is 0 Å². The van der Waals surface area contributed by atoms with E-state index in [1.165, 1.54) is 11.5 Å². The minimum Gasteiger partial charge on any atom is -0.489 e. The third-order valence-electron chi connectivity index (χ3n) is 9.55. The van der Waals surface area contributed by atoms with E-state index in [1.807, 2.05) is 43.7 Å². The fraction of sp³-hybridized carbons (Fsp3) is 0.278. The Morgan fingerprint density at radius 1 is 1.08 bits per heavy atom. The molecule has 0 radical (unpaired) electrons. The fourth-order valence-electron chi connectivity index (χ4n) is 6.82. The Morgan fingerprint density at radius 3 is 2.63 bits per heavy atom. The molecule has 2 aromatic carbocycles. The van der Waals surface area contributed by atoms with E-state index in [0.717, 1.165) is 40.3 Å². The van der Waals surface area contributed by atoms with Gasteiger partial charge in [-0.2, -0.15) is 5.10 Å². The normalized spacial score (nSPS) is 18.9. The molecule has 1 N–H and O–H groups in total. The zero-order chi connectivity index (χ0) is 34.3. The number of pyridine rings is 1. The number of halogens is 3. The van der Waals surface area contributed by atoms with Crippen LogP contribution in [0.1, 0.15) is 31.3 Å². The van der Waals surface area contributed by atoms with Gasteiger partial charge in [-0.1, -0.05) is 12.6 Å². The van der Waals surface area contributed by atoms with Gasteiger partial charge in [0.1, 0.15) is 46.5 Å². The SMILES string of the molecule is C=CC(=O)N1Cc2cc(-c3nc(-c4ccc5c(c4)nc(C)n5C)c4scc(F)c4c3-c3c(F)cc(F)cc3OC3CC(O)C3)nn2C[C@@H]1C. The lowest BCUT2D eigenvalue weighted by molar-refractivity contribution is -0.129. The van der Waals surface area contributed by atoms with Gasteiger partial charge >= 0.3 is 0 Å². The van der Waals surface area contributed by atoms with Crippen LogP contribution >= 0.6 is 11.3 Å². The van der Waals surface area contributed by atoms with Crippen LogP contribution < -0.4 is 4.74 Å². The van der Waals surface area contributed by atoms with Gasteiger partial charge in [-0.15, -0.1) is 11.3 Å². The van der Waals surface area contributed by atoms with Crippen molar-refractivity contribution in [3.63, 3.8) is 0 Å². The molecule has 1 amide bonds. The number of imidazole rings is 1. The van der Waals surface area contributed by atoms with Crippen molar-refractivity contribution in [1.29, 1.82) is 0 Å². The molecule has 8 rings (SSSR count). The smallest absolute Gasteiger partial charge is 0.246 e. The van der Waals surface area contributed by atoms with Gasteiger partial charge in [0.05, 0.1) is 51.9 Å². The lowest BCUT2D eigenvalue weighted by Gasteiger charge is -2.33. The number of benzene rings is 2. The second-order valence-corrected chi connectivity index (χ2v) is 13.6. The van der Waals surface area contributed by atoms with Gasteiger partial charge in [0.25, 0.3) is 0 Å². The Bertz CT molecular complexity index is 2340. The quantitative estimate of drug-likeness (QED) is 0.191. The first-order valence-electron chi connectivity index (χ1n) is 15.9. The molecule has 5 heterocycles. The lowest BCUT2D eigenvalue weighted by Crippen LogP contribution is -2.44. The van der Waals surface area contributed by atoms with E-state index >= 15 is 8.78 Å². The zero-order valence-corrected chi connectivity index (χ0v) is 27.7. The Labute approximate surface area is 282 Å². The Morgan fingerprint density at radius 2 is 1.88 bits per heavy atom. The maximum Gasteiger partial charge on any atom is 0.246 e. The Balaban J connectivity index is 1.40. The minimum absolute atomic E-state index is 0.0714. The number of rotatable bonds is 6. The van der Waals surface area contributed by atoms with Gasteiger partial charge in [-0.25, -0.2) is 23.1 Å². The average molecular weight is 685 g/mol. The number of aromatic nitrogens is 5. The number of hydrogen-bond acceptors (Lipinski definition) is 7. The number of carbonyl (C=O) groups is 1. The summed E-state index contributed by atoms with van der Waals surface area (Å²) in [5, 5.41) is 16.2. The molecule has 49 heavy (non-hydrogen) atoms. The predicted octanol–water partition coefficient (Wildman–Crippen LogP) is 6.93. The van der Waals surface area contributed by atoms with Crippen LogP contribution in [0.3, 0.4) is 0 Å². The first-order valence-corrected chi connectivity index (χ1v) is 16.8. The molecular formula is C36H31F3N6O3S. The van der Waals surface area contributed by atoms with Gasteiger partial charge in [0.2, 0.25) is 5.91 Å². The van der Waals surface area contributed by atoms with Gasteiger partial charge in [-0.05, 0) is 38.1 Å². The van der Waals surface area contributed by atoms with Gasteiger partial charge in [0.15, 0.2) is 0 Å². The number of aliphatic hydroxyl groups excluding tert-OH is 1. The number of amides is 1. The van der Waals surface area contributed by atoms with Gasteiger partial charge < -0.3 is 19.3 Å². The molecule has 0 bridgehead atoms. The summed E-state index contributed by atoms with van der Waals surface area (Å²) in [6, 6.07) is 9.09. The monoisotopic (exact) mass is 684 g/mol. The molecule has 1 fully saturated rings. The summed E-state index contributed by atoms with van der Waals surface area (Å²) in [4.78, 5) is 24.1. The summed E-state index contributed by atoms with van der Waals surface area (Å²) >= 11 is 1.13. The first-order chi connectivity index (χ1) is 23.5.